The van der Waals surface area contributed by atoms with Gasteiger partial charge < -0.3 is 91.9 Å². The topological polar surface area (TPSA) is 569 Å². The first-order chi connectivity index (χ1) is 39.1. The van der Waals surface area contributed by atoms with Gasteiger partial charge in [0.15, 0.2) is 11.5 Å². The molecule has 0 aromatic heterocycles. The molecule has 0 radical (unpaired) electrons. The van der Waals surface area contributed by atoms with Crippen LogP contribution in [0.25, 0.3) is 0 Å². The second-order valence-electron chi connectivity index (χ2n) is 15.3. The van der Waals surface area contributed by atoms with Gasteiger partial charge in [-0.05, 0) is 115 Å². The molecule has 0 spiro atoms. The molecule has 0 bridgehead atoms. The molecule has 0 heterocycles. The van der Waals surface area contributed by atoms with E-state index >= 15 is 0 Å². The number of aromatic carboxylic acids is 12. The molecule has 0 aliphatic carbocycles. The number of hydrogen-bond acceptors (Lipinski definition) is 18. The SMILES string of the molecule is O=C(O)c1c(O)cccc1O.O=C(O)c1cc(C(=O)O)cc(C(=O)O)c1.O=C(O)c1cc(O)cc(O)c1.O=C(O)c1ccc(C(=O)O)cc1.O=C(O)c1ccc(O)c(O)c1.O=C(O)c1cccc(C(=O)O)c1.O=C(O)c1ccccc1C(=O)O. The fourth-order valence-electron chi connectivity index (χ4n) is 5.52. The van der Waals surface area contributed by atoms with E-state index in [-0.39, 0.29) is 78.4 Å². The standard InChI is InChI=1S/C9H6O6.3C8H6O4.3C7H6O4/c10-7(11)4-1-5(8(12)13)3-6(2-4)9(14)15;9-7(10)5-1-2-6(4-3-5)8(11)12;9-7(10)5-2-1-3-6(4-5)8(11)12;9-7(10)5-3-1-2-4-6(5)8(11)12;8-5-1-4(7(10)11)2-6(9)3-5;8-5-2-1-4(7(10)11)3-6(5)9;8-4-2-1-3-5(9)6(4)7(10)11/h1-3H,(H,10,11)(H,12,13)(H,14,15);3*1-4H,(H,9,10)(H,11,12);3*1-3,8-9H,(H,10,11). The van der Waals surface area contributed by atoms with E-state index in [9.17, 15) is 57.5 Å². The van der Waals surface area contributed by atoms with Crippen LogP contribution in [0, 0.1) is 0 Å². The van der Waals surface area contributed by atoms with Crippen LogP contribution in [0.5, 0.6) is 34.5 Å². The lowest BCUT2D eigenvalue weighted by molar-refractivity contribution is 0.0651. The predicted octanol–water partition coefficient (Wildman–Crippen LogP) is 6.42. The number of phenolic OH excluding ortho intramolecular Hbond substituents is 4. The first-order valence-electron chi connectivity index (χ1n) is 21.9. The van der Waals surface area contributed by atoms with Crippen molar-refractivity contribution < 1.29 is 149 Å². The van der Waals surface area contributed by atoms with Crippen molar-refractivity contribution in [2.75, 3.05) is 0 Å². The third-order valence-electron chi connectivity index (χ3n) is 9.40. The molecular formula is C54H42O30. The summed E-state index contributed by atoms with van der Waals surface area (Å²) in [5.74, 6) is -16.8. The van der Waals surface area contributed by atoms with Crippen molar-refractivity contribution in [1.29, 1.82) is 0 Å². The molecule has 438 valence electrons. The molecule has 0 saturated carbocycles. The number of rotatable bonds is 12. The highest BCUT2D eigenvalue weighted by Gasteiger charge is 2.17. The van der Waals surface area contributed by atoms with Crippen molar-refractivity contribution in [1.82, 2.24) is 0 Å². The van der Waals surface area contributed by atoms with Gasteiger partial charge in [0.25, 0.3) is 0 Å². The summed E-state index contributed by atoms with van der Waals surface area (Å²) in [5.41, 5.74) is -2.01. The zero-order valence-electron chi connectivity index (χ0n) is 41.8. The Labute approximate surface area is 466 Å². The molecule has 0 fully saturated rings. The number of aromatic hydroxyl groups is 6. The minimum absolute atomic E-state index is 0.0186. The molecule has 7 rings (SSSR count). The Morgan fingerprint density at radius 2 is 0.476 bits per heavy atom. The van der Waals surface area contributed by atoms with Gasteiger partial charge in [0.05, 0.1) is 61.2 Å². The highest BCUT2D eigenvalue weighted by Crippen LogP contribution is 2.26. The molecule has 30 heteroatoms. The Hall–Kier alpha value is -13.0. The quantitative estimate of drug-likeness (QED) is 0.0587. The first kappa shape index (κ1) is 69.0. The van der Waals surface area contributed by atoms with Gasteiger partial charge in [0, 0.05) is 6.07 Å². The summed E-state index contributed by atoms with van der Waals surface area (Å²) in [6.45, 7) is 0. The van der Waals surface area contributed by atoms with Crippen LogP contribution >= 0.6 is 0 Å². The fraction of sp³-hybridized carbons (Fsp3) is 0. The average Bonchev–Trinajstić information content (AvgIpc) is 3.45. The molecule has 18 N–H and O–H groups in total. The highest BCUT2D eigenvalue weighted by atomic mass is 16.4. The number of carboxylic acid groups (broad SMARTS) is 12. The maximum absolute atomic E-state index is 10.6. The van der Waals surface area contributed by atoms with Crippen molar-refractivity contribution in [2.24, 2.45) is 0 Å². The molecule has 0 saturated heterocycles. The molecule has 0 amide bonds. The van der Waals surface area contributed by atoms with E-state index in [2.05, 4.69) is 0 Å². The molecular weight excluding hydrogens is 1130 g/mol. The van der Waals surface area contributed by atoms with Gasteiger partial charge in [-0.15, -0.1) is 0 Å². The number of hydrogen-bond donors (Lipinski definition) is 18. The Morgan fingerprint density at radius 1 is 0.202 bits per heavy atom. The molecule has 7 aromatic rings. The van der Waals surface area contributed by atoms with Crippen molar-refractivity contribution in [3.63, 3.8) is 0 Å². The van der Waals surface area contributed by atoms with Crippen molar-refractivity contribution in [2.45, 2.75) is 0 Å². The maximum Gasteiger partial charge on any atom is 0.343 e. The molecule has 7 aromatic carbocycles. The number of phenols is 6. The van der Waals surface area contributed by atoms with E-state index in [1.807, 2.05) is 0 Å². The van der Waals surface area contributed by atoms with Crippen LogP contribution in [0.4, 0.5) is 0 Å². The zero-order valence-corrected chi connectivity index (χ0v) is 41.8. The molecule has 0 aliphatic heterocycles. The van der Waals surface area contributed by atoms with Gasteiger partial charge in [-0.2, -0.15) is 0 Å². The Kier molecular flexibility index (Phi) is 26.8. The molecule has 0 unspecified atom stereocenters. The summed E-state index contributed by atoms with van der Waals surface area (Å²) in [6, 6.07) is 28.6. The first-order valence-corrected chi connectivity index (χ1v) is 21.9. The molecule has 84 heavy (non-hydrogen) atoms. The van der Waals surface area contributed by atoms with Gasteiger partial charge in [-0.3, -0.25) is 0 Å². The van der Waals surface area contributed by atoms with E-state index < -0.39 is 94.4 Å². The molecule has 0 aliphatic rings. The van der Waals surface area contributed by atoms with Crippen LogP contribution in [0.15, 0.2) is 146 Å². The van der Waals surface area contributed by atoms with Crippen LogP contribution in [-0.4, -0.2) is 164 Å². The lowest BCUT2D eigenvalue weighted by atomic mass is 10.1. The largest absolute Gasteiger partial charge is 0.508 e. The van der Waals surface area contributed by atoms with Crippen LogP contribution in [0.2, 0.25) is 0 Å². The van der Waals surface area contributed by atoms with Gasteiger partial charge in [-0.1, -0.05) is 24.3 Å². The van der Waals surface area contributed by atoms with Crippen molar-refractivity contribution in [3.05, 3.63) is 212 Å². The normalized spacial score (nSPS) is 9.43. The summed E-state index contributed by atoms with van der Waals surface area (Å²) >= 11 is 0. The third-order valence-corrected chi connectivity index (χ3v) is 9.40. The van der Waals surface area contributed by atoms with Crippen LogP contribution in [-0.2, 0) is 0 Å². The number of carboxylic acids is 12. The van der Waals surface area contributed by atoms with Crippen LogP contribution < -0.4 is 0 Å². The van der Waals surface area contributed by atoms with E-state index in [4.69, 9.17) is 91.9 Å². The van der Waals surface area contributed by atoms with E-state index in [0.717, 1.165) is 54.6 Å². The second kappa shape index (κ2) is 32.7. The lowest BCUT2D eigenvalue weighted by Crippen LogP contribution is -2.07. The summed E-state index contributed by atoms with van der Waals surface area (Å²) in [6.07, 6.45) is 0. The Morgan fingerprint density at radius 3 is 0.750 bits per heavy atom. The van der Waals surface area contributed by atoms with E-state index in [0.29, 0.717) is 0 Å². The number of carbonyl (C=O) groups is 12. The van der Waals surface area contributed by atoms with Gasteiger partial charge in [0.2, 0.25) is 0 Å². The van der Waals surface area contributed by atoms with Crippen molar-refractivity contribution in [3.8, 4) is 34.5 Å². The van der Waals surface area contributed by atoms with Gasteiger partial charge in [-0.25, -0.2) is 57.5 Å². The predicted molar refractivity (Wildman–Crippen MR) is 279 cm³/mol. The molecule has 0 atom stereocenters. The van der Waals surface area contributed by atoms with Crippen LogP contribution in [0.3, 0.4) is 0 Å². The maximum atomic E-state index is 10.6. The van der Waals surface area contributed by atoms with E-state index in [1.54, 1.807) is 0 Å². The van der Waals surface area contributed by atoms with Crippen LogP contribution in [0.1, 0.15) is 124 Å². The van der Waals surface area contributed by atoms with Crippen molar-refractivity contribution >= 4 is 71.6 Å². The monoisotopic (exact) mass is 1170 g/mol. The minimum Gasteiger partial charge on any atom is -0.508 e. The third kappa shape index (κ3) is 23.3. The Bertz CT molecular complexity index is 3400. The summed E-state index contributed by atoms with van der Waals surface area (Å²) in [7, 11) is 0. The average molecular weight is 1170 g/mol. The fourth-order valence-corrected chi connectivity index (χ4v) is 5.52. The summed E-state index contributed by atoms with van der Waals surface area (Å²) in [4.78, 5) is 125. The summed E-state index contributed by atoms with van der Waals surface area (Å²) < 4.78 is 0. The second-order valence-corrected chi connectivity index (χ2v) is 15.3. The van der Waals surface area contributed by atoms with Gasteiger partial charge >= 0.3 is 71.6 Å². The zero-order chi connectivity index (χ0) is 64.3. The van der Waals surface area contributed by atoms with Gasteiger partial charge in [0.1, 0.15) is 28.6 Å². The minimum atomic E-state index is -1.37. The molecule has 30 nitrogen and oxygen atoms in total. The smallest absolute Gasteiger partial charge is 0.343 e. The Balaban J connectivity index is 0.000000491. The number of benzene rings is 7. The van der Waals surface area contributed by atoms with E-state index in [1.165, 1.54) is 91.0 Å². The lowest BCUT2D eigenvalue weighted by Gasteiger charge is -2.00. The highest BCUT2D eigenvalue weighted by molar-refractivity contribution is 6.02. The summed E-state index contributed by atoms with van der Waals surface area (Å²) in [5, 5.41) is 155.